The molecule has 0 saturated carbocycles. The van der Waals surface area contributed by atoms with Gasteiger partial charge in [0.1, 0.15) is 0 Å². The Balaban J connectivity index is 2.60. The van der Waals surface area contributed by atoms with Crippen LogP contribution in [0.25, 0.3) is 5.69 Å². The molecule has 0 bridgehead atoms. The fourth-order valence-electron chi connectivity index (χ4n) is 1.04. The summed E-state index contributed by atoms with van der Waals surface area (Å²) in [7, 11) is 0. The van der Waals surface area contributed by atoms with Crippen molar-refractivity contribution >= 4 is 23.6 Å². The van der Waals surface area contributed by atoms with Gasteiger partial charge in [-0.15, -0.1) is 11.3 Å². The molecule has 0 aliphatic carbocycles. The lowest BCUT2D eigenvalue weighted by Crippen LogP contribution is -1.94. The molecule has 6 heteroatoms. The van der Waals surface area contributed by atoms with E-state index >= 15 is 0 Å². The van der Waals surface area contributed by atoms with Gasteiger partial charge in [-0.25, -0.2) is 4.98 Å². The molecule has 2 rings (SSSR count). The van der Waals surface area contributed by atoms with Crippen LogP contribution in [0.4, 0.5) is 4.39 Å². The molecule has 1 N–H and O–H groups in total. The first-order valence-electron chi connectivity index (χ1n) is 3.70. The van der Waals surface area contributed by atoms with Gasteiger partial charge in [-0.3, -0.25) is 4.57 Å². The lowest BCUT2D eigenvalue weighted by molar-refractivity contribution is 0.442. The molecule has 0 aromatic carbocycles. The van der Waals surface area contributed by atoms with Crippen LogP contribution >= 0.6 is 23.6 Å². The van der Waals surface area contributed by atoms with Gasteiger partial charge >= 0.3 is 0 Å². The predicted molar refractivity (Wildman–Crippen MR) is 53.9 cm³/mol. The molecule has 2 heterocycles. The van der Waals surface area contributed by atoms with Crippen molar-refractivity contribution in [3.05, 3.63) is 33.6 Å². The highest BCUT2D eigenvalue weighted by molar-refractivity contribution is 7.73. The summed E-state index contributed by atoms with van der Waals surface area (Å²) in [5.41, 5.74) is 0.551. The third-order valence-electron chi connectivity index (χ3n) is 1.65. The van der Waals surface area contributed by atoms with Crippen LogP contribution in [0.1, 0.15) is 0 Å². The Kier molecular flexibility index (Phi) is 2.30. The zero-order valence-electron chi connectivity index (χ0n) is 6.85. The van der Waals surface area contributed by atoms with Gasteiger partial charge < -0.3 is 5.11 Å². The molecule has 2 aromatic rings. The van der Waals surface area contributed by atoms with Crippen molar-refractivity contribution in [2.24, 2.45) is 0 Å². The smallest absolute Gasteiger partial charge is 0.212 e. The van der Waals surface area contributed by atoms with E-state index in [1.807, 2.05) is 0 Å². The quantitative estimate of drug-likeness (QED) is 0.602. The number of hydrogen-bond acceptors (Lipinski definition) is 4. The maximum Gasteiger partial charge on any atom is 0.212 e. The van der Waals surface area contributed by atoms with Crippen molar-refractivity contribution in [2.45, 2.75) is 0 Å². The second-order valence-corrected chi connectivity index (χ2v) is 4.04. The van der Waals surface area contributed by atoms with Gasteiger partial charge in [0, 0.05) is 0 Å². The van der Waals surface area contributed by atoms with Gasteiger partial charge in [-0.05, 0) is 24.4 Å². The number of thiazole rings is 1. The molecule has 3 nitrogen and oxygen atoms in total. The maximum absolute atomic E-state index is 12.5. The summed E-state index contributed by atoms with van der Waals surface area (Å²) in [5.74, 6) is -0.525. The van der Waals surface area contributed by atoms with E-state index in [-0.39, 0.29) is 5.88 Å². The number of aromatic nitrogens is 2. The van der Waals surface area contributed by atoms with Crippen LogP contribution in [0.15, 0.2) is 23.7 Å². The van der Waals surface area contributed by atoms with Crippen molar-refractivity contribution in [2.75, 3.05) is 0 Å². The molecule has 2 aromatic heterocycles. The van der Waals surface area contributed by atoms with E-state index in [1.54, 1.807) is 0 Å². The zero-order valence-corrected chi connectivity index (χ0v) is 8.48. The molecule has 0 atom stereocenters. The van der Waals surface area contributed by atoms with E-state index in [1.165, 1.54) is 39.6 Å². The van der Waals surface area contributed by atoms with Crippen LogP contribution in [0.5, 0.6) is 5.88 Å². The molecule has 0 radical (unpaired) electrons. The van der Waals surface area contributed by atoms with E-state index in [4.69, 9.17) is 12.2 Å². The second kappa shape index (κ2) is 3.47. The van der Waals surface area contributed by atoms with Crippen LogP contribution < -0.4 is 0 Å². The highest BCUT2D eigenvalue weighted by Gasteiger charge is 2.05. The average Bonchev–Trinajstić information content (AvgIpc) is 2.49. The van der Waals surface area contributed by atoms with Crippen LogP contribution in [-0.2, 0) is 0 Å². The Morgan fingerprint density at radius 3 is 2.79 bits per heavy atom. The molecule has 0 spiro atoms. The van der Waals surface area contributed by atoms with Crippen molar-refractivity contribution in [1.29, 1.82) is 0 Å². The minimum absolute atomic E-state index is 0.0356. The largest absolute Gasteiger partial charge is 0.494 e. The summed E-state index contributed by atoms with van der Waals surface area (Å²) in [6.07, 6.45) is 1.32. The Morgan fingerprint density at radius 2 is 2.29 bits per heavy atom. The maximum atomic E-state index is 12.5. The number of pyridine rings is 1. The van der Waals surface area contributed by atoms with Gasteiger partial charge in [0.05, 0.1) is 17.3 Å². The van der Waals surface area contributed by atoms with Gasteiger partial charge in [-0.2, -0.15) is 4.39 Å². The lowest BCUT2D eigenvalue weighted by Gasteiger charge is -2.02. The number of rotatable bonds is 1. The third kappa shape index (κ3) is 1.53. The SMILES string of the molecule is Oc1csc(=S)n1-c1ccc(F)nc1. The number of nitrogens with zero attached hydrogens (tertiary/aromatic N) is 2. The van der Waals surface area contributed by atoms with Gasteiger partial charge in [0.15, 0.2) is 3.95 Å². The Bertz CT molecular complexity index is 503. The molecule has 0 fully saturated rings. The van der Waals surface area contributed by atoms with Crippen LogP contribution in [0, 0.1) is 9.90 Å². The molecule has 0 aliphatic rings. The predicted octanol–water partition coefficient (Wildman–Crippen LogP) is 2.51. The molecule has 0 saturated heterocycles. The summed E-state index contributed by atoms with van der Waals surface area (Å²) in [4.78, 5) is 3.48. The first kappa shape index (κ1) is 9.29. The number of halogens is 1. The van der Waals surface area contributed by atoms with E-state index in [2.05, 4.69) is 4.98 Å². The third-order valence-corrected chi connectivity index (χ3v) is 2.83. The summed E-state index contributed by atoms with van der Waals surface area (Å²) in [6.45, 7) is 0. The van der Waals surface area contributed by atoms with Gasteiger partial charge in [0.25, 0.3) is 0 Å². The molecule has 0 unspecified atom stereocenters. The van der Waals surface area contributed by atoms with Crippen LogP contribution in [-0.4, -0.2) is 14.7 Å². The van der Waals surface area contributed by atoms with Crippen molar-refractivity contribution in [3.8, 4) is 11.6 Å². The van der Waals surface area contributed by atoms with Crippen molar-refractivity contribution in [1.82, 2.24) is 9.55 Å². The Labute approximate surface area is 88.1 Å². The monoisotopic (exact) mass is 228 g/mol. The van der Waals surface area contributed by atoms with Crippen molar-refractivity contribution < 1.29 is 9.50 Å². The molecule has 14 heavy (non-hydrogen) atoms. The zero-order chi connectivity index (χ0) is 10.1. The molecular formula is C8H5FN2OS2. The number of aromatic hydroxyl groups is 1. The number of hydrogen-bond donors (Lipinski definition) is 1. The van der Waals surface area contributed by atoms with E-state index < -0.39 is 5.95 Å². The first-order chi connectivity index (χ1) is 6.68. The second-order valence-electron chi connectivity index (χ2n) is 2.53. The topological polar surface area (TPSA) is 38.0 Å². The van der Waals surface area contributed by atoms with E-state index in [9.17, 15) is 9.50 Å². The summed E-state index contributed by atoms with van der Waals surface area (Å²) in [5, 5.41) is 11.0. The highest BCUT2D eigenvalue weighted by Crippen LogP contribution is 2.22. The summed E-state index contributed by atoms with van der Waals surface area (Å²) in [6, 6.07) is 2.72. The molecular weight excluding hydrogens is 223 g/mol. The van der Waals surface area contributed by atoms with Gasteiger partial charge in [-0.1, -0.05) is 0 Å². The minimum atomic E-state index is -0.560. The Morgan fingerprint density at radius 1 is 1.50 bits per heavy atom. The van der Waals surface area contributed by atoms with Crippen molar-refractivity contribution in [3.63, 3.8) is 0 Å². The molecule has 0 amide bonds. The standard InChI is InChI=1S/C8H5FN2OS2/c9-6-2-1-5(3-10-6)11-7(12)4-14-8(11)13/h1-4,12H. The molecule has 0 aliphatic heterocycles. The fraction of sp³-hybridized carbons (Fsp3) is 0. The fourth-order valence-corrected chi connectivity index (χ4v) is 2.00. The normalized spacial score (nSPS) is 10.4. The Hall–Kier alpha value is -1.27. The van der Waals surface area contributed by atoms with E-state index in [0.29, 0.717) is 9.64 Å². The average molecular weight is 228 g/mol. The lowest BCUT2D eigenvalue weighted by atomic mass is 10.4. The van der Waals surface area contributed by atoms with Gasteiger partial charge in [0.2, 0.25) is 11.8 Å². The van der Waals surface area contributed by atoms with E-state index in [0.717, 1.165) is 0 Å². The van der Waals surface area contributed by atoms with Crippen LogP contribution in [0.3, 0.4) is 0 Å². The summed E-state index contributed by atoms with van der Waals surface area (Å²) < 4.78 is 14.4. The molecule has 72 valence electrons. The summed E-state index contributed by atoms with van der Waals surface area (Å²) >= 11 is 6.22. The minimum Gasteiger partial charge on any atom is -0.494 e. The highest BCUT2D eigenvalue weighted by atomic mass is 32.1. The first-order valence-corrected chi connectivity index (χ1v) is 4.99. The van der Waals surface area contributed by atoms with Crippen LogP contribution in [0.2, 0.25) is 0 Å².